The number of rotatable bonds is 5. The van der Waals surface area contributed by atoms with Gasteiger partial charge in [0.05, 0.1) is 6.26 Å². The van der Waals surface area contributed by atoms with E-state index in [1.165, 1.54) is 6.33 Å². The van der Waals surface area contributed by atoms with Crippen LogP contribution in [0, 0.1) is 0 Å². The molecule has 3 rings (SSSR count). The highest BCUT2D eigenvalue weighted by Gasteiger charge is 2.38. The molecule has 112 valence electrons. The maximum Gasteiger partial charge on any atom is 0.248 e. The molecule has 0 amide bonds. The second-order valence-electron chi connectivity index (χ2n) is 4.41. The molecule has 3 aromatic rings. The minimum Gasteiger partial charge on any atom is -0.462 e. The second-order valence-corrected chi connectivity index (χ2v) is 4.41. The van der Waals surface area contributed by atoms with E-state index >= 15 is 0 Å². The van der Waals surface area contributed by atoms with Crippen LogP contribution >= 0.6 is 12.4 Å². The molecule has 0 aliphatic rings. The van der Waals surface area contributed by atoms with Crippen molar-refractivity contribution in [3.8, 4) is 0 Å². The molecular formula is C14H16ClN3O3. The zero-order valence-corrected chi connectivity index (χ0v) is 12.5. The Balaban J connectivity index is 0.00000161. The molecule has 0 radical (unpaired) electrons. The van der Waals surface area contributed by atoms with Crippen LogP contribution in [0.1, 0.15) is 5.76 Å². The normalized spacial score (nSPS) is 11.5. The highest BCUT2D eigenvalue weighted by atomic mass is 35.5. The van der Waals surface area contributed by atoms with Crippen LogP contribution in [0.3, 0.4) is 0 Å². The van der Waals surface area contributed by atoms with Crippen LogP contribution in [0.25, 0.3) is 10.8 Å². The molecule has 0 bridgehead atoms. The lowest BCUT2D eigenvalue weighted by molar-refractivity contribution is -0.235. The fraction of sp³-hybridized carbons (Fsp3) is 0.286. The fourth-order valence-corrected chi connectivity index (χ4v) is 2.28. The van der Waals surface area contributed by atoms with Gasteiger partial charge in [0.2, 0.25) is 5.79 Å². The lowest BCUT2D eigenvalue weighted by atomic mass is 10.1. The van der Waals surface area contributed by atoms with E-state index in [9.17, 15) is 0 Å². The topological polar surface area (TPSA) is 62.3 Å². The van der Waals surface area contributed by atoms with Gasteiger partial charge in [-0.15, -0.1) is 12.4 Å². The average molecular weight is 310 g/mol. The summed E-state index contributed by atoms with van der Waals surface area (Å²) < 4.78 is 18.6. The summed E-state index contributed by atoms with van der Waals surface area (Å²) in [5.74, 6) is -0.426. The highest BCUT2D eigenvalue weighted by molar-refractivity contribution is 5.85. The van der Waals surface area contributed by atoms with E-state index in [1.54, 1.807) is 31.5 Å². The summed E-state index contributed by atoms with van der Waals surface area (Å²) in [5.41, 5.74) is 0. The van der Waals surface area contributed by atoms with Gasteiger partial charge in [-0.25, -0.2) is 9.67 Å². The van der Waals surface area contributed by atoms with Crippen molar-refractivity contribution in [3.05, 3.63) is 48.9 Å². The maximum atomic E-state index is 5.70. The molecule has 21 heavy (non-hydrogen) atoms. The first-order valence-electron chi connectivity index (χ1n) is 6.18. The number of aromatic nitrogens is 3. The first-order valence-corrected chi connectivity index (χ1v) is 6.18. The Morgan fingerprint density at radius 1 is 1.24 bits per heavy atom. The van der Waals surface area contributed by atoms with E-state index in [0.717, 1.165) is 10.8 Å². The largest absolute Gasteiger partial charge is 0.462 e. The molecule has 0 N–H and O–H groups in total. The summed E-state index contributed by atoms with van der Waals surface area (Å²) in [5, 5.41) is 6.05. The maximum absolute atomic E-state index is 5.70. The first kappa shape index (κ1) is 15.5. The van der Waals surface area contributed by atoms with Gasteiger partial charge in [-0.1, -0.05) is 24.3 Å². The third-order valence-electron chi connectivity index (χ3n) is 3.35. The number of hydrogen-bond donors (Lipinski definition) is 0. The Labute approximate surface area is 128 Å². The molecule has 0 fully saturated rings. The molecule has 1 aromatic carbocycles. The van der Waals surface area contributed by atoms with Gasteiger partial charge in [0.1, 0.15) is 19.2 Å². The number of nitrogens with zero attached hydrogens (tertiary/aromatic N) is 3. The Kier molecular flexibility index (Phi) is 4.62. The second kappa shape index (κ2) is 6.26. The monoisotopic (exact) mass is 309 g/mol. The van der Waals surface area contributed by atoms with Crippen LogP contribution in [-0.4, -0.2) is 29.0 Å². The van der Waals surface area contributed by atoms with E-state index in [2.05, 4.69) is 10.1 Å². The van der Waals surface area contributed by atoms with Crippen molar-refractivity contribution in [3.63, 3.8) is 0 Å². The van der Waals surface area contributed by atoms with Gasteiger partial charge in [-0.2, -0.15) is 5.10 Å². The minimum atomic E-state index is -1.04. The zero-order valence-electron chi connectivity index (χ0n) is 11.7. The summed E-state index contributed by atoms with van der Waals surface area (Å²) in [6.45, 7) is 0.345. The molecule has 0 saturated carbocycles. The van der Waals surface area contributed by atoms with E-state index < -0.39 is 5.79 Å². The fourth-order valence-electron chi connectivity index (χ4n) is 2.28. The van der Waals surface area contributed by atoms with Crippen LogP contribution in [0.15, 0.2) is 47.6 Å². The molecule has 7 heteroatoms. The highest BCUT2D eigenvalue weighted by Crippen LogP contribution is 2.34. The van der Waals surface area contributed by atoms with E-state index in [1.807, 2.05) is 24.3 Å². The molecule has 2 heterocycles. The number of hydrogen-bond acceptors (Lipinski definition) is 5. The van der Waals surface area contributed by atoms with Crippen LogP contribution < -0.4 is 0 Å². The lowest BCUT2D eigenvalue weighted by Gasteiger charge is -2.28. The number of methoxy groups -OCH3 is 2. The number of benzene rings is 1. The third kappa shape index (κ3) is 2.65. The van der Waals surface area contributed by atoms with Crippen LogP contribution in [0.2, 0.25) is 0 Å². The molecule has 0 aliphatic heterocycles. The van der Waals surface area contributed by atoms with Crippen LogP contribution in [0.4, 0.5) is 0 Å². The quantitative estimate of drug-likeness (QED) is 0.678. The van der Waals surface area contributed by atoms with Gasteiger partial charge in [0.25, 0.3) is 0 Å². The molecule has 2 aromatic heterocycles. The lowest BCUT2D eigenvalue weighted by Crippen LogP contribution is -2.35. The molecule has 0 atom stereocenters. The zero-order chi connectivity index (χ0) is 14.0. The van der Waals surface area contributed by atoms with E-state index in [-0.39, 0.29) is 12.4 Å². The molecule has 0 saturated heterocycles. The van der Waals surface area contributed by atoms with Crippen molar-refractivity contribution in [1.82, 2.24) is 14.8 Å². The summed E-state index contributed by atoms with van der Waals surface area (Å²) >= 11 is 0. The average Bonchev–Trinajstić information content (AvgIpc) is 3.14. The van der Waals surface area contributed by atoms with Gasteiger partial charge in [-0.3, -0.25) is 0 Å². The molecular weight excluding hydrogens is 294 g/mol. The van der Waals surface area contributed by atoms with Crippen molar-refractivity contribution in [2.75, 3.05) is 14.2 Å². The Morgan fingerprint density at radius 3 is 2.67 bits per heavy atom. The molecule has 6 nitrogen and oxygen atoms in total. The van der Waals surface area contributed by atoms with Gasteiger partial charge in [0.15, 0.2) is 5.76 Å². The standard InChI is InChI=1S/C14H15N3O3.ClH/c1-18-14(19-2,8-17-10-15-9-16-17)13-12-6-4-3-5-11(12)7-20-13;/h3-7,9-10H,8H2,1-2H3;1H. The summed E-state index contributed by atoms with van der Waals surface area (Å²) in [4.78, 5) is 3.93. The van der Waals surface area contributed by atoms with Gasteiger partial charge in [-0.05, 0) is 0 Å². The summed E-state index contributed by atoms with van der Waals surface area (Å²) in [6, 6.07) is 7.86. The van der Waals surface area contributed by atoms with Crippen molar-refractivity contribution in [1.29, 1.82) is 0 Å². The van der Waals surface area contributed by atoms with Crippen molar-refractivity contribution in [2.24, 2.45) is 0 Å². The van der Waals surface area contributed by atoms with Crippen LogP contribution in [0.5, 0.6) is 0 Å². The SMILES string of the molecule is COC(Cn1cncn1)(OC)c1occ2ccccc12.Cl. The summed E-state index contributed by atoms with van der Waals surface area (Å²) in [7, 11) is 3.16. The van der Waals surface area contributed by atoms with Crippen molar-refractivity contribution >= 4 is 23.2 Å². The van der Waals surface area contributed by atoms with E-state index in [4.69, 9.17) is 13.9 Å². The predicted octanol–water partition coefficient (Wildman–Crippen LogP) is 2.59. The smallest absolute Gasteiger partial charge is 0.248 e. The van der Waals surface area contributed by atoms with Gasteiger partial charge < -0.3 is 13.9 Å². The molecule has 0 aliphatic carbocycles. The summed E-state index contributed by atoms with van der Waals surface area (Å²) in [6.07, 6.45) is 4.77. The predicted molar refractivity (Wildman–Crippen MR) is 79.2 cm³/mol. The van der Waals surface area contributed by atoms with Crippen LogP contribution in [-0.2, 0) is 21.8 Å². The number of fused-ring (bicyclic) bond motifs is 1. The Hall–Kier alpha value is -1.89. The minimum absolute atomic E-state index is 0. The van der Waals surface area contributed by atoms with Crippen molar-refractivity contribution in [2.45, 2.75) is 12.3 Å². The number of ether oxygens (including phenoxy) is 2. The Morgan fingerprint density at radius 2 is 2.00 bits per heavy atom. The Bertz CT molecular complexity index is 692. The molecule has 0 spiro atoms. The molecule has 0 unspecified atom stereocenters. The van der Waals surface area contributed by atoms with Gasteiger partial charge in [0, 0.05) is 25.0 Å². The third-order valence-corrected chi connectivity index (χ3v) is 3.35. The first-order chi connectivity index (χ1) is 9.79. The van der Waals surface area contributed by atoms with Crippen molar-refractivity contribution < 1.29 is 13.9 Å². The van der Waals surface area contributed by atoms with E-state index in [0.29, 0.717) is 12.3 Å². The number of furan rings is 1. The number of halogens is 1. The van der Waals surface area contributed by atoms with Gasteiger partial charge >= 0.3 is 0 Å².